The van der Waals surface area contributed by atoms with Gasteiger partial charge in [0.2, 0.25) is 0 Å². The standard InChI is InChI=1S/C15H20N2O4/c1-3-4-9-21-12(18)10-17-13(19)15(16-14(17)20)7-5-11(2)6-8-15/h1,11H,4-10H2,2H3,(H,16,20). The number of imide groups is 1. The molecule has 0 aromatic heterocycles. The van der Waals surface area contributed by atoms with Gasteiger partial charge < -0.3 is 10.1 Å². The maximum absolute atomic E-state index is 12.5. The van der Waals surface area contributed by atoms with Gasteiger partial charge in [-0.05, 0) is 31.6 Å². The minimum absolute atomic E-state index is 0.0988. The van der Waals surface area contributed by atoms with Crippen molar-refractivity contribution in [3.8, 4) is 12.3 Å². The molecule has 1 N–H and O–H groups in total. The number of amides is 3. The lowest BCUT2D eigenvalue weighted by atomic mass is 9.77. The molecule has 0 unspecified atom stereocenters. The number of nitrogens with zero attached hydrogens (tertiary/aromatic N) is 1. The molecule has 0 aromatic rings. The van der Waals surface area contributed by atoms with Crippen molar-refractivity contribution in [2.24, 2.45) is 5.92 Å². The molecular formula is C15H20N2O4. The van der Waals surface area contributed by atoms with Crippen molar-refractivity contribution < 1.29 is 19.1 Å². The van der Waals surface area contributed by atoms with Crippen molar-refractivity contribution in [3.05, 3.63) is 0 Å². The summed E-state index contributed by atoms with van der Waals surface area (Å²) in [6.07, 6.45) is 8.41. The zero-order valence-electron chi connectivity index (χ0n) is 12.2. The van der Waals surface area contributed by atoms with Crippen LogP contribution in [-0.2, 0) is 14.3 Å². The van der Waals surface area contributed by atoms with Crippen LogP contribution in [0.2, 0.25) is 0 Å². The van der Waals surface area contributed by atoms with Crippen LogP contribution in [0.1, 0.15) is 39.0 Å². The topological polar surface area (TPSA) is 75.7 Å². The summed E-state index contributed by atoms with van der Waals surface area (Å²) in [5.41, 5.74) is -0.817. The molecule has 1 aliphatic heterocycles. The van der Waals surface area contributed by atoms with E-state index in [0.717, 1.165) is 17.7 Å². The van der Waals surface area contributed by atoms with E-state index in [1.54, 1.807) is 0 Å². The summed E-state index contributed by atoms with van der Waals surface area (Å²) in [5, 5.41) is 2.76. The van der Waals surface area contributed by atoms with E-state index in [2.05, 4.69) is 18.2 Å². The first-order valence-electron chi connectivity index (χ1n) is 7.22. The molecule has 0 bridgehead atoms. The number of hydrogen-bond donors (Lipinski definition) is 1. The van der Waals surface area contributed by atoms with Gasteiger partial charge in [-0.2, -0.15) is 0 Å². The normalized spacial score (nSPS) is 28.4. The second-order valence-electron chi connectivity index (χ2n) is 5.76. The highest BCUT2D eigenvalue weighted by Gasteiger charge is 2.52. The van der Waals surface area contributed by atoms with Gasteiger partial charge in [0.25, 0.3) is 5.91 Å². The van der Waals surface area contributed by atoms with Crippen molar-refractivity contribution in [2.75, 3.05) is 13.2 Å². The predicted octanol–water partition coefficient (Wildman–Crippen LogP) is 1.05. The highest BCUT2D eigenvalue weighted by Crippen LogP contribution is 2.36. The van der Waals surface area contributed by atoms with Gasteiger partial charge in [0.1, 0.15) is 18.7 Å². The van der Waals surface area contributed by atoms with Crippen molar-refractivity contribution in [1.82, 2.24) is 10.2 Å². The zero-order chi connectivity index (χ0) is 15.5. The molecule has 3 amide bonds. The van der Waals surface area contributed by atoms with E-state index in [9.17, 15) is 14.4 Å². The fourth-order valence-corrected chi connectivity index (χ4v) is 2.81. The van der Waals surface area contributed by atoms with Crippen LogP contribution in [0.15, 0.2) is 0 Å². The lowest BCUT2D eigenvalue weighted by Gasteiger charge is -2.33. The Bertz CT molecular complexity index is 486. The molecule has 1 saturated heterocycles. The first-order chi connectivity index (χ1) is 9.98. The molecule has 1 aliphatic carbocycles. The summed E-state index contributed by atoms with van der Waals surface area (Å²) in [7, 11) is 0. The monoisotopic (exact) mass is 292 g/mol. The van der Waals surface area contributed by atoms with Gasteiger partial charge in [0.05, 0.1) is 0 Å². The maximum Gasteiger partial charge on any atom is 0.326 e. The summed E-state index contributed by atoms with van der Waals surface area (Å²) >= 11 is 0. The molecule has 6 heteroatoms. The quantitative estimate of drug-likeness (QED) is 0.364. The Morgan fingerprint density at radius 3 is 2.76 bits per heavy atom. The Kier molecular flexibility index (Phi) is 4.51. The van der Waals surface area contributed by atoms with Gasteiger partial charge in [-0.15, -0.1) is 12.3 Å². The summed E-state index contributed by atoms with van der Waals surface area (Å²) in [4.78, 5) is 37.0. The van der Waals surface area contributed by atoms with Crippen LogP contribution in [0.3, 0.4) is 0 Å². The molecule has 0 aromatic carbocycles. The number of ether oxygens (including phenoxy) is 1. The van der Waals surface area contributed by atoms with E-state index in [1.165, 1.54) is 0 Å². The Balaban J connectivity index is 1.96. The fraction of sp³-hybridized carbons (Fsp3) is 0.667. The third-order valence-electron chi connectivity index (χ3n) is 4.17. The van der Waals surface area contributed by atoms with E-state index >= 15 is 0 Å². The summed E-state index contributed by atoms with van der Waals surface area (Å²) in [6.45, 7) is 1.88. The smallest absolute Gasteiger partial charge is 0.326 e. The predicted molar refractivity (Wildman–Crippen MR) is 75.0 cm³/mol. The van der Waals surface area contributed by atoms with Gasteiger partial charge in [-0.3, -0.25) is 14.5 Å². The largest absolute Gasteiger partial charge is 0.463 e. The Labute approximate surface area is 124 Å². The third kappa shape index (κ3) is 3.18. The van der Waals surface area contributed by atoms with Gasteiger partial charge in [-0.1, -0.05) is 6.92 Å². The second-order valence-corrected chi connectivity index (χ2v) is 5.76. The molecule has 6 nitrogen and oxygen atoms in total. The van der Waals surface area contributed by atoms with E-state index < -0.39 is 17.5 Å². The minimum Gasteiger partial charge on any atom is -0.463 e. The Morgan fingerprint density at radius 1 is 1.48 bits per heavy atom. The molecular weight excluding hydrogens is 272 g/mol. The lowest BCUT2D eigenvalue weighted by molar-refractivity contribution is -0.147. The number of carbonyl (C=O) groups is 3. The fourth-order valence-electron chi connectivity index (χ4n) is 2.81. The second kappa shape index (κ2) is 6.17. The number of esters is 1. The van der Waals surface area contributed by atoms with Gasteiger partial charge in [0, 0.05) is 6.42 Å². The first kappa shape index (κ1) is 15.4. The average Bonchev–Trinajstić information content (AvgIpc) is 2.67. The molecule has 114 valence electrons. The zero-order valence-corrected chi connectivity index (χ0v) is 12.2. The van der Waals surface area contributed by atoms with E-state index in [4.69, 9.17) is 11.2 Å². The summed E-state index contributed by atoms with van der Waals surface area (Å²) < 4.78 is 4.88. The summed E-state index contributed by atoms with van der Waals surface area (Å²) in [5.74, 6) is 1.98. The van der Waals surface area contributed by atoms with Crippen LogP contribution in [0.5, 0.6) is 0 Å². The molecule has 1 heterocycles. The molecule has 2 fully saturated rings. The molecule has 0 atom stereocenters. The molecule has 1 saturated carbocycles. The van der Waals surface area contributed by atoms with Crippen LogP contribution in [-0.4, -0.2) is 41.5 Å². The van der Waals surface area contributed by atoms with Crippen LogP contribution >= 0.6 is 0 Å². The van der Waals surface area contributed by atoms with Gasteiger partial charge >= 0.3 is 12.0 Å². The minimum atomic E-state index is -0.817. The van der Waals surface area contributed by atoms with Crippen molar-refractivity contribution >= 4 is 17.9 Å². The number of terminal acetylenes is 1. The summed E-state index contributed by atoms with van der Waals surface area (Å²) in [6, 6.07) is -0.511. The van der Waals surface area contributed by atoms with Gasteiger partial charge in [0.15, 0.2) is 0 Å². The lowest BCUT2D eigenvalue weighted by Crippen LogP contribution is -2.49. The number of urea groups is 1. The maximum atomic E-state index is 12.5. The highest BCUT2D eigenvalue weighted by atomic mass is 16.5. The van der Waals surface area contributed by atoms with Crippen molar-refractivity contribution in [3.63, 3.8) is 0 Å². The average molecular weight is 292 g/mol. The Morgan fingerprint density at radius 2 is 2.14 bits per heavy atom. The molecule has 0 radical (unpaired) electrons. The van der Waals surface area contributed by atoms with Crippen LogP contribution in [0, 0.1) is 18.3 Å². The van der Waals surface area contributed by atoms with E-state index in [-0.39, 0.29) is 19.1 Å². The van der Waals surface area contributed by atoms with E-state index in [1.807, 2.05) is 0 Å². The number of carbonyl (C=O) groups excluding carboxylic acids is 3. The van der Waals surface area contributed by atoms with Gasteiger partial charge in [-0.25, -0.2) is 4.79 Å². The van der Waals surface area contributed by atoms with Crippen LogP contribution in [0.4, 0.5) is 4.79 Å². The number of rotatable bonds is 4. The van der Waals surface area contributed by atoms with Crippen LogP contribution in [0.25, 0.3) is 0 Å². The SMILES string of the molecule is C#CCCOC(=O)CN1C(=O)NC2(CCC(C)CC2)C1=O. The molecule has 21 heavy (non-hydrogen) atoms. The van der Waals surface area contributed by atoms with E-state index in [0.29, 0.717) is 25.2 Å². The number of nitrogens with one attached hydrogen (secondary N) is 1. The molecule has 2 aliphatic rings. The third-order valence-corrected chi connectivity index (χ3v) is 4.17. The van der Waals surface area contributed by atoms with Crippen LogP contribution < -0.4 is 5.32 Å². The van der Waals surface area contributed by atoms with Crippen molar-refractivity contribution in [1.29, 1.82) is 0 Å². The number of hydrogen-bond acceptors (Lipinski definition) is 4. The Hall–Kier alpha value is -2.03. The highest BCUT2D eigenvalue weighted by molar-refractivity contribution is 6.08. The molecule has 1 spiro atoms. The molecule has 2 rings (SSSR count). The first-order valence-corrected chi connectivity index (χ1v) is 7.22. The van der Waals surface area contributed by atoms with Crippen molar-refractivity contribution in [2.45, 2.75) is 44.6 Å².